The van der Waals surface area contributed by atoms with Gasteiger partial charge in [-0.25, -0.2) is 0 Å². The summed E-state index contributed by atoms with van der Waals surface area (Å²) < 4.78 is 5.54. The van der Waals surface area contributed by atoms with Gasteiger partial charge in [-0.1, -0.05) is 0 Å². The molecule has 0 bridgehead atoms. The van der Waals surface area contributed by atoms with Crippen LogP contribution in [-0.2, 0) is 0 Å². The molecule has 1 atom stereocenters. The molecule has 0 spiro atoms. The zero-order valence-corrected chi connectivity index (χ0v) is 9.70. The first-order chi connectivity index (χ1) is 8.16. The minimum Gasteiger partial charge on any atom is -0.490 e. The van der Waals surface area contributed by atoms with E-state index in [1.165, 1.54) is 24.9 Å². The maximum Gasteiger partial charge on any atom is 0.291 e. The number of aromatic nitrogens is 1. The molecule has 17 heavy (non-hydrogen) atoms. The van der Waals surface area contributed by atoms with Crippen molar-refractivity contribution in [1.29, 1.82) is 0 Å². The lowest BCUT2D eigenvalue weighted by Gasteiger charge is -2.19. The lowest BCUT2D eigenvalue weighted by Crippen LogP contribution is -2.30. The van der Waals surface area contributed by atoms with Crippen LogP contribution in [0.5, 0.6) is 5.75 Å². The molecule has 1 fully saturated rings. The van der Waals surface area contributed by atoms with Crippen LogP contribution in [0.25, 0.3) is 0 Å². The summed E-state index contributed by atoms with van der Waals surface area (Å²) in [6.45, 7) is 1.64. The Labute approximate surface area is 99.4 Å². The number of pyridine rings is 1. The first-order valence-corrected chi connectivity index (χ1v) is 5.59. The third kappa shape index (κ3) is 2.91. The molecule has 1 aromatic rings. The summed E-state index contributed by atoms with van der Waals surface area (Å²) in [5, 5.41) is 10.6. The van der Waals surface area contributed by atoms with Gasteiger partial charge in [0.25, 0.3) is 5.69 Å². The Morgan fingerprint density at radius 3 is 3.12 bits per heavy atom. The molecule has 0 unspecified atom stereocenters. The lowest BCUT2D eigenvalue weighted by molar-refractivity contribution is -0.385. The van der Waals surface area contributed by atoms with Gasteiger partial charge in [-0.2, -0.15) is 0 Å². The van der Waals surface area contributed by atoms with Gasteiger partial charge >= 0.3 is 0 Å². The van der Waals surface area contributed by atoms with Crippen molar-refractivity contribution in [1.82, 2.24) is 9.88 Å². The standard InChI is InChI=1S/C11H15N3O3/c1-13-4-2-3-9(13)8-17-11-5-10(14(15)16)6-12-7-11/h5-7,9H,2-4,8H2,1H3/t9-/m1/s1. The molecule has 0 N–H and O–H groups in total. The van der Waals surface area contributed by atoms with E-state index in [0.29, 0.717) is 18.4 Å². The Hall–Kier alpha value is -1.69. The Morgan fingerprint density at radius 2 is 2.47 bits per heavy atom. The van der Waals surface area contributed by atoms with Crippen molar-refractivity contribution in [2.45, 2.75) is 18.9 Å². The fourth-order valence-corrected chi connectivity index (χ4v) is 1.97. The molecule has 0 aliphatic carbocycles. The Morgan fingerprint density at radius 1 is 1.65 bits per heavy atom. The molecule has 6 heteroatoms. The molecule has 1 aromatic heterocycles. The van der Waals surface area contributed by atoms with Crippen LogP contribution in [0.2, 0.25) is 0 Å². The summed E-state index contributed by atoms with van der Waals surface area (Å²) in [6, 6.07) is 1.80. The average Bonchev–Trinajstić information content (AvgIpc) is 2.72. The second-order valence-electron chi connectivity index (χ2n) is 4.22. The molecule has 0 radical (unpaired) electrons. The molecular weight excluding hydrogens is 222 g/mol. The van der Waals surface area contributed by atoms with Gasteiger partial charge < -0.3 is 9.64 Å². The van der Waals surface area contributed by atoms with Crippen LogP contribution in [0.4, 0.5) is 5.69 Å². The van der Waals surface area contributed by atoms with E-state index in [1.54, 1.807) is 0 Å². The largest absolute Gasteiger partial charge is 0.490 e. The lowest BCUT2D eigenvalue weighted by atomic mass is 10.2. The van der Waals surface area contributed by atoms with Crippen LogP contribution in [0.15, 0.2) is 18.5 Å². The molecule has 92 valence electrons. The number of likely N-dealkylation sites (tertiary alicyclic amines) is 1. The van der Waals surface area contributed by atoms with Gasteiger partial charge in [0.15, 0.2) is 0 Å². The smallest absolute Gasteiger partial charge is 0.291 e. The number of nitrogens with zero attached hydrogens (tertiary/aromatic N) is 3. The number of likely N-dealkylation sites (N-methyl/N-ethyl adjacent to an activating group) is 1. The molecule has 1 aliphatic rings. The van der Waals surface area contributed by atoms with E-state index in [2.05, 4.69) is 16.9 Å². The minimum atomic E-state index is -0.471. The van der Waals surface area contributed by atoms with Crippen molar-refractivity contribution < 1.29 is 9.66 Å². The monoisotopic (exact) mass is 237 g/mol. The number of rotatable bonds is 4. The highest BCUT2D eigenvalue weighted by atomic mass is 16.6. The molecule has 1 saturated heterocycles. The Kier molecular flexibility index (Phi) is 3.53. The molecule has 2 heterocycles. The van der Waals surface area contributed by atoms with E-state index in [0.717, 1.165) is 13.0 Å². The molecule has 1 aliphatic heterocycles. The van der Waals surface area contributed by atoms with Crippen LogP contribution in [0.1, 0.15) is 12.8 Å². The first kappa shape index (κ1) is 11.8. The predicted molar refractivity (Wildman–Crippen MR) is 62.0 cm³/mol. The van der Waals surface area contributed by atoms with Crippen molar-refractivity contribution >= 4 is 5.69 Å². The molecule has 2 rings (SSSR count). The van der Waals surface area contributed by atoms with Gasteiger partial charge in [0, 0.05) is 6.04 Å². The zero-order valence-electron chi connectivity index (χ0n) is 9.70. The SMILES string of the molecule is CN1CCC[C@@H]1COc1cncc([N+](=O)[O-])c1. The summed E-state index contributed by atoms with van der Waals surface area (Å²) in [5.74, 6) is 0.458. The van der Waals surface area contributed by atoms with E-state index in [1.807, 2.05) is 0 Å². The van der Waals surface area contributed by atoms with Gasteiger partial charge in [-0.15, -0.1) is 0 Å². The van der Waals surface area contributed by atoms with Crippen LogP contribution >= 0.6 is 0 Å². The van der Waals surface area contributed by atoms with Crippen molar-refractivity contribution in [3.8, 4) is 5.75 Å². The second-order valence-corrected chi connectivity index (χ2v) is 4.22. The van der Waals surface area contributed by atoms with Crippen LogP contribution in [-0.4, -0.2) is 41.0 Å². The number of ether oxygens (including phenoxy) is 1. The van der Waals surface area contributed by atoms with Crippen molar-refractivity contribution in [2.75, 3.05) is 20.2 Å². The maximum absolute atomic E-state index is 10.6. The van der Waals surface area contributed by atoms with Gasteiger partial charge in [0.2, 0.25) is 0 Å². The highest BCUT2D eigenvalue weighted by molar-refractivity contribution is 5.33. The van der Waals surface area contributed by atoms with Gasteiger partial charge in [-0.05, 0) is 26.4 Å². The average molecular weight is 237 g/mol. The molecule has 0 aromatic carbocycles. The van der Waals surface area contributed by atoms with Crippen LogP contribution in [0, 0.1) is 10.1 Å². The van der Waals surface area contributed by atoms with Crippen molar-refractivity contribution in [3.63, 3.8) is 0 Å². The fraction of sp³-hybridized carbons (Fsp3) is 0.545. The topological polar surface area (TPSA) is 68.5 Å². The van der Waals surface area contributed by atoms with Crippen molar-refractivity contribution in [3.05, 3.63) is 28.6 Å². The molecule has 0 amide bonds. The minimum absolute atomic E-state index is 0.0396. The highest BCUT2D eigenvalue weighted by Crippen LogP contribution is 2.20. The maximum atomic E-state index is 10.6. The number of hydrogen-bond donors (Lipinski definition) is 0. The van der Waals surface area contributed by atoms with Gasteiger partial charge in [-0.3, -0.25) is 15.1 Å². The summed E-state index contributed by atoms with van der Waals surface area (Å²) in [6.07, 6.45) is 5.01. The molecule has 0 saturated carbocycles. The number of nitro groups is 1. The zero-order chi connectivity index (χ0) is 12.3. The Bertz CT molecular complexity index is 411. The molecule has 6 nitrogen and oxygen atoms in total. The van der Waals surface area contributed by atoms with E-state index < -0.39 is 4.92 Å². The summed E-state index contributed by atoms with van der Waals surface area (Å²) in [4.78, 5) is 16.1. The van der Waals surface area contributed by atoms with Crippen LogP contribution in [0.3, 0.4) is 0 Å². The van der Waals surface area contributed by atoms with Crippen LogP contribution < -0.4 is 4.74 Å². The predicted octanol–water partition coefficient (Wildman–Crippen LogP) is 1.46. The fourth-order valence-electron chi connectivity index (χ4n) is 1.97. The quantitative estimate of drug-likeness (QED) is 0.585. The third-order valence-corrected chi connectivity index (χ3v) is 3.02. The highest BCUT2D eigenvalue weighted by Gasteiger charge is 2.21. The summed E-state index contributed by atoms with van der Waals surface area (Å²) in [7, 11) is 2.06. The Balaban J connectivity index is 1.94. The van der Waals surface area contributed by atoms with Crippen molar-refractivity contribution in [2.24, 2.45) is 0 Å². The second kappa shape index (κ2) is 5.09. The van der Waals surface area contributed by atoms with E-state index >= 15 is 0 Å². The van der Waals surface area contributed by atoms with Gasteiger partial charge in [0.05, 0.1) is 17.2 Å². The molecular formula is C11H15N3O3. The number of hydrogen-bond acceptors (Lipinski definition) is 5. The first-order valence-electron chi connectivity index (χ1n) is 5.59. The normalized spacial score (nSPS) is 20.4. The summed E-state index contributed by atoms with van der Waals surface area (Å²) >= 11 is 0. The van der Waals surface area contributed by atoms with E-state index in [4.69, 9.17) is 4.74 Å². The third-order valence-electron chi connectivity index (χ3n) is 3.02. The van der Waals surface area contributed by atoms with E-state index in [9.17, 15) is 10.1 Å². The van der Waals surface area contributed by atoms with E-state index in [-0.39, 0.29) is 5.69 Å². The van der Waals surface area contributed by atoms with Gasteiger partial charge in [0.1, 0.15) is 18.6 Å². The summed E-state index contributed by atoms with van der Waals surface area (Å²) in [5.41, 5.74) is -0.0396.